The Morgan fingerprint density at radius 1 is 1.40 bits per heavy atom. The summed E-state index contributed by atoms with van der Waals surface area (Å²) < 4.78 is 42.9. The number of ether oxygens (including phenoxy) is 1. The molecule has 0 spiro atoms. The Bertz CT molecular complexity index is 450. The number of nitrogens with one attached hydrogen (secondary N) is 1. The summed E-state index contributed by atoms with van der Waals surface area (Å²) in [6, 6.07) is 0. The molecule has 0 aliphatic rings. The standard InChI is InChI=1S/C12H18F3N3O2/c1-11(2,3)20-10(19)17-5-4-9-6-16-8-18(9)7-12(13,14)15/h6,8H,4-5,7H2,1-3H3,(H,17,19). The molecular formula is C12H18F3N3O2. The second-order valence-electron chi connectivity index (χ2n) is 5.31. The van der Waals surface area contributed by atoms with E-state index in [4.69, 9.17) is 4.74 Å². The molecule has 0 unspecified atom stereocenters. The number of carbonyl (C=O) groups is 1. The van der Waals surface area contributed by atoms with Crippen molar-refractivity contribution in [2.24, 2.45) is 0 Å². The number of alkyl halides is 3. The highest BCUT2D eigenvalue weighted by molar-refractivity contribution is 5.67. The van der Waals surface area contributed by atoms with Crippen molar-refractivity contribution in [3.63, 3.8) is 0 Å². The number of hydrogen-bond acceptors (Lipinski definition) is 3. The number of nitrogens with zero attached hydrogens (tertiary/aromatic N) is 2. The van der Waals surface area contributed by atoms with E-state index in [0.29, 0.717) is 5.69 Å². The number of amides is 1. The highest BCUT2D eigenvalue weighted by atomic mass is 19.4. The lowest BCUT2D eigenvalue weighted by atomic mass is 10.2. The first-order chi connectivity index (χ1) is 9.07. The summed E-state index contributed by atoms with van der Waals surface area (Å²) in [7, 11) is 0. The van der Waals surface area contributed by atoms with Gasteiger partial charge in [0, 0.05) is 24.9 Å². The van der Waals surface area contributed by atoms with Crippen LogP contribution >= 0.6 is 0 Å². The van der Waals surface area contributed by atoms with Gasteiger partial charge in [-0.15, -0.1) is 0 Å². The van der Waals surface area contributed by atoms with Crippen LogP contribution < -0.4 is 5.32 Å². The predicted octanol–water partition coefficient (Wildman–Crippen LogP) is 2.51. The van der Waals surface area contributed by atoms with Crippen LogP contribution in [0.4, 0.5) is 18.0 Å². The van der Waals surface area contributed by atoms with Gasteiger partial charge in [0.25, 0.3) is 0 Å². The van der Waals surface area contributed by atoms with Crippen LogP contribution in [0.25, 0.3) is 0 Å². The van der Waals surface area contributed by atoms with Crippen molar-refractivity contribution in [3.05, 3.63) is 18.2 Å². The maximum Gasteiger partial charge on any atom is 0.407 e. The Kier molecular flexibility index (Phi) is 5.02. The molecule has 5 nitrogen and oxygen atoms in total. The lowest BCUT2D eigenvalue weighted by Crippen LogP contribution is -2.33. The minimum absolute atomic E-state index is 0.179. The molecule has 0 aromatic carbocycles. The minimum Gasteiger partial charge on any atom is -0.444 e. The third-order valence-corrected chi connectivity index (χ3v) is 2.20. The van der Waals surface area contributed by atoms with Gasteiger partial charge in [-0.1, -0.05) is 0 Å². The number of carbonyl (C=O) groups excluding carboxylic acids is 1. The zero-order valence-electron chi connectivity index (χ0n) is 11.6. The topological polar surface area (TPSA) is 56.1 Å². The third-order valence-electron chi connectivity index (χ3n) is 2.20. The molecule has 0 atom stereocenters. The van der Waals surface area contributed by atoms with Gasteiger partial charge in [-0.25, -0.2) is 9.78 Å². The smallest absolute Gasteiger partial charge is 0.407 e. The van der Waals surface area contributed by atoms with E-state index in [1.54, 1.807) is 20.8 Å². The zero-order chi connectivity index (χ0) is 15.4. The summed E-state index contributed by atoms with van der Waals surface area (Å²) in [5.74, 6) is 0. The molecule has 8 heteroatoms. The Morgan fingerprint density at radius 2 is 2.05 bits per heavy atom. The van der Waals surface area contributed by atoms with E-state index in [0.717, 1.165) is 10.9 Å². The number of aromatic nitrogens is 2. The molecule has 1 heterocycles. The van der Waals surface area contributed by atoms with Crippen molar-refractivity contribution in [2.45, 2.75) is 45.5 Å². The van der Waals surface area contributed by atoms with Crippen LogP contribution in [0.1, 0.15) is 26.5 Å². The molecule has 114 valence electrons. The van der Waals surface area contributed by atoms with E-state index in [1.165, 1.54) is 6.20 Å². The van der Waals surface area contributed by atoms with E-state index >= 15 is 0 Å². The quantitative estimate of drug-likeness (QED) is 0.928. The summed E-state index contributed by atoms with van der Waals surface area (Å²) >= 11 is 0. The van der Waals surface area contributed by atoms with Crippen molar-refractivity contribution >= 4 is 6.09 Å². The summed E-state index contributed by atoms with van der Waals surface area (Å²) in [6.07, 6.45) is -2.18. The first-order valence-corrected chi connectivity index (χ1v) is 6.09. The zero-order valence-corrected chi connectivity index (χ0v) is 11.6. The number of hydrogen-bond donors (Lipinski definition) is 1. The molecule has 20 heavy (non-hydrogen) atoms. The number of imidazole rings is 1. The lowest BCUT2D eigenvalue weighted by Gasteiger charge is -2.19. The van der Waals surface area contributed by atoms with Gasteiger partial charge < -0.3 is 14.6 Å². The van der Waals surface area contributed by atoms with Crippen LogP contribution in [0.15, 0.2) is 12.5 Å². The highest BCUT2D eigenvalue weighted by Gasteiger charge is 2.28. The molecule has 0 fully saturated rings. The first-order valence-electron chi connectivity index (χ1n) is 6.09. The summed E-state index contributed by atoms with van der Waals surface area (Å²) in [5, 5.41) is 2.48. The second-order valence-corrected chi connectivity index (χ2v) is 5.31. The normalized spacial score (nSPS) is 12.3. The van der Waals surface area contributed by atoms with Crippen molar-refractivity contribution in [3.8, 4) is 0 Å². The summed E-state index contributed by atoms with van der Waals surface area (Å²) in [5.41, 5.74) is -0.208. The van der Waals surface area contributed by atoms with Gasteiger partial charge in [0.2, 0.25) is 0 Å². The van der Waals surface area contributed by atoms with Gasteiger partial charge in [-0.05, 0) is 20.8 Å². The van der Waals surface area contributed by atoms with Crippen LogP contribution in [0.5, 0.6) is 0 Å². The maximum atomic E-state index is 12.3. The Balaban J connectivity index is 2.43. The van der Waals surface area contributed by atoms with Crippen LogP contribution in [0, 0.1) is 0 Å². The van der Waals surface area contributed by atoms with Crippen molar-refractivity contribution in [1.29, 1.82) is 0 Å². The average molecular weight is 293 g/mol. The molecule has 1 aromatic heterocycles. The molecule has 0 aliphatic heterocycles. The maximum absolute atomic E-state index is 12.3. The number of halogens is 3. The van der Waals surface area contributed by atoms with Gasteiger partial charge in [0.1, 0.15) is 12.1 Å². The lowest BCUT2D eigenvalue weighted by molar-refractivity contribution is -0.141. The van der Waals surface area contributed by atoms with Gasteiger partial charge >= 0.3 is 12.3 Å². The van der Waals surface area contributed by atoms with E-state index < -0.39 is 24.4 Å². The molecule has 0 radical (unpaired) electrons. The van der Waals surface area contributed by atoms with Crippen LogP contribution in [-0.4, -0.2) is 34.0 Å². The molecule has 0 saturated heterocycles. The molecule has 0 saturated carbocycles. The monoisotopic (exact) mass is 293 g/mol. The number of rotatable bonds is 4. The first kappa shape index (κ1) is 16.3. The molecule has 1 N–H and O–H groups in total. The average Bonchev–Trinajstić information content (AvgIpc) is 2.60. The van der Waals surface area contributed by atoms with Gasteiger partial charge in [0.05, 0.1) is 6.33 Å². The third kappa shape index (κ3) is 6.44. The molecule has 0 bridgehead atoms. The van der Waals surface area contributed by atoms with E-state index in [1.807, 2.05) is 0 Å². The molecule has 1 amide bonds. The molecular weight excluding hydrogens is 275 g/mol. The molecule has 0 aliphatic carbocycles. The van der Waals surface area contributed by atoms with Crippen molar-refractivity contribution in [1.82, 2.24) is 14.9 Å². The largest absolute Gasteiger partial charge is 0.444 e. The van der Waals surface area contributed by atoms with Crippen LogP contribution in [0.2, 0.25) is 0 Å². The van der Waals surface area contributed by atoms with Crippen LogP contribution in [-0.2, 0) is 17.7 Å². The Hall–Kier alpha value is -1.73. The Labute approximate surface area is 115 Å². The summed E-state index contributed by atoms with van der Waals surface area (Å²) in [4.78, 5) is 15.0. The minimum atomic E-state index is -4.30. The van der Waals surface area contributed by atoms with E-state index in [2.05, 4.69) is 10.3 Å². The fraction of sp³-hybridized carbons (Fsp3) is 0.667. The SMILES string of the molecule is CC(C)(C)OC(=O)NCCc1cncn1CC(F)(F)F. The number of alkyl carbamates (subject to hydrolysis) is 1. The van der Waals surface area contributed by atoms with Gasteiger partial charge in [-0.3, -0.25) is 0 Å². The van der Waals surface area contributed by atoms with E-state index in [9.17, 15) is 18.0 Å². The van der Waals surface area contributed by atoms with Gasteiger partial charge in [0.15, 0.2) is 0 Å². The fourth-order valence-corrected chi connectivity index (χ4v) is 1.50. The molecule has 1 rings (SSSR count). The van der Waals surface area contributed by atoms with Crippen molar-refractivity contribution < 1.29 is 22.7 Å². The Morgan fingerprint density at radius 3 is 2.60 bits per heavy atom. The molecule has 1 aromatic rings. The second kappa shape index (κ2) is 6.15. The van der Waals surface area contributed by atoms with Crippen molar-refractivity contribution in [2.75, 3.05) is 6.54 Å². The van der Waals surface area contributed by atoms with Crippen LogP contribution in [0.3, 0.4) is 0 Å². The summed E-state index contributed by atoms with van der Waals surface area (Å²) in [6.45, 7) is 4.27. The fourth-order valence-electron chi connectivity index (χ4n) is 1.50. The van der Waals surface area contributed by atoms with Gasteiger partial charge in [-0.2, -0.15) is 13.2 Å². The van der Waals surface area contributed by atoms with E-state index in [-0.39, 0.29) is 13.0 Å². The highest BCUT2D eigenvalue weighted by Crippen LogP contribution is 2.18. The predicted molar refractivity (Wildman–Crippen MR) is 66.2 cm³/mol.